The van der Waals surface area contributed by atoms with Crippen molar-refractivity contribution < 1.29 is 9.67 Å². The van der Waals surface area contributed by atoms with Gasteiger partial charge in [0.2, 0.25) is 0 Å². The van der Waals surface area contributed by atoms with E-state index < -0.39 is 0 Å². The molecule has 2 nitrogen and oxygen atoms in total. The molecule has 1 unspecified atom stereocenters. The van der Waals surface area contributed by atoms with Gasteiger partial charge in [0.1, 0.15) is 0 Å². The van der Waals surface area contributed by atoms with Crippen molar-refractivity contribution in [2.75, 3.05) is 6.16 Å². The van der Waals surface area contributed by atoms with Gasteiger partial charge in [-0.15, -0.1) is 0 Å². The van der Waals surface area contributed by atoms with Crippen molar-refractivity contribution in [2.24, 2.45) is 0 Å². The molecule has 0 saturated carbocycles. The first-order valence-electron chi connectivity index (χ1n) is 2.24. The Balaban J connectivity index is 2.81. The van der Waals surface area contributed by atoms with E-state index >= 15 is 0 Å². The van der Waals surface area contributed by atoms with Gasteiger partial charge in [0.05, 0.1) is 6.10 Å². The minimum Gasteiger partial charge on any atom is -0.393 e. The van der Waals surface area contributed by atoms with Crippen LogP contribution in [0.25, 0.3) is 0 Å². The third-order valence-electron chi connectivity index (χ3n) is 0.638. The van der Waals surface area contributed by atoms with Crippen LogP contribution in [0.5, 0.6) is 0 Å². The fourth-order valence-corrected chi connectivity index (χ4v) is 0.719. The molecule has 7 heavy (non-hydrogen) atoms. The Hall–Kier alpha value is 0.0600. The summed E-state index contributed by atoms with van der Waals surface area (Å²) >= 11 is 0. The normalized spacial score (nSPS) is 14.6. The van der Waals surface area contributed by atoms with Crippen molar-refractivity contribution in [3.63, 3.8) is 0 Å². The Labute approximate surface area is 44.7 Å². The van der Waals surface area contributed by atoms with Crippen LogP contribution in [0.15, 0.2) is 0 Å². The molecule has 0 heterocycles. The number of rotatable bonds is 3. The van der Waals surface area contributed by atoms with E-state index in [2.05, 4.69) is 0 Å². The number of hydrogen-bond donors (Lipinski definition) is 1. The second kappa shape index (κ2) is 4.23. The molecular formula is C4H9O2P. The standard InChI is InChI=1S/C4H9O2P/c1-4(5)2-3-7-6/h4-5H,2-3H2,1H3. The lowest BCUT2D eigenvalue weighted by Gasteiger charge is -1.94. The van der Waals surface area contributed by atoms with E-state index in [1.54, 1.807) is 6.92 Å². The smallest absolute Gasteiger partial charge is 0.155 e. The first kappa shape index (κ1) is 7.06. The molecule has 3 heteroatoms. The molecule has 0 rings (SSSR count). The molecule has 0 saturated heterocycles. The minimum atomic E-state index is -0.304. The largest absolute Gasteiger partial charge is 0.393 e. The summed E-state index contributed by atoms with van der Waals surface area (Å²) in [7, 11) is 0.130. The van der Waals surface area contributed by atoms with E-state index in [1.807, 2.05) is 0 Å². The van der Waals surface area contributed by atoms with E-state index in [1.165, 1.54) is 0 Å². The van der Waals surface area contributed by atoms with E-state index in [0.29, 0.717) is 12.6 Å². The van der Waals surface area contributed by atoms with Crippen LogP contribution in [0.3, 0.4) is 0 Å². The van der Waals surface area contributed by atoms with Crippen molar-refractivity contribution in [3.8, 4) is 0 Å². The molecule has 0 spiro atoms. The van der Waals surface area contributed by atoms with Crippen LogP contribution >= 0.6 is 8.46 Å². The summed E-state index contributed by atoms with van der Waals surface area (Å²) in [5.41, 5.74) is 0. The van der Waals surface area contributed by atoms with Crippen LogP contribution < -0.4 is 0 Å². The van der Waals surface area contributed by atoms with E-state index in [-0.39, 0.29) is 14.6 Å². The Morgan fingerprint density at radius 3 is 2.57 bits per heavy atom. The van der Waals surface area contributed by atoms with E-state index in [0.717, 1.165) is 0 Å². The Morgan fingerprint density at radius 2 is 2.43 bits per heavy atom. The van der Waals surface area contributed by atoms with Gasteiger partial charge in [-0.25, -0.2) is 0 Å². The van der Waals surface area contributed by atoms with Crippen LogP contribution in [0.2, 0.25) is 0 Å². The zero-order valence-corrected chi connectivity index (χ0v) is 5.19. The van der Waals surface area contributed by atoms with Gasteiger partial charge in [-0.3, -0.25) is 4.57 Å². The van der Waals surface area contributed by atoms with Gasteiger partial charge in [0.25, 0.3) is 0 Å². The molecule has 0 aromatic heterocycles. The molecule has 0 amide bonds. The Kier molecular flexibility index (Phi) is 4.26. The highest BCUT2D eigenvalue weighted by atomic mass is 31.1. The monoisotopic (exact) mass is 120 g/mol. The van der Waals surface area contributed by atoms with Crippen molar-refractivity contribution in [3.05, 3.63) is 0 Å². The minimum absolute atomic E-state index is 0.130. The summed E-state index contributed by atoms with van der Waals surface area (Å²) in [5.74, 6) is 0. The van der Waals surface area contributed by atoms with Crippen LogP contribution in [0.1, 0.15) is 13.3 Å². The Bertz CT molecular complexity index is 53.7. The molecule has 0 aromatic rings. The van der Waals surface area contributed by atoms with Crippen molar-refractivity contribution in [2.45, 2.75) is 19.4 Å². The van der Waals surface area contributed by atoms with Gasteiger partial charge >= 0.3 is 0 Å². The molecule has 0 bridgehead atoms. The summed E-state index contributed by atoms with van der Waals surface area (Å²) in [4.78, 5) is 0. The maximum absolute atomic E-state index is 9.70. The maximum atomic E-state index is 9.70. The zero-order chi connectivity index (χ0) is 5.70. The number of hydrogen-bond acceptors (Lipinski definition) is 2. The fourth-order valence-electron chi connectivity index (χ4n) is 0.240. The summed E-state index contributed by atoms with van der Waals surface area (Å²) < 4.78 is 9.70. The fraction of sp³-hybridized carbons (Fsp3) is 1.00. The van der Waals surface area contributed by atoms with Gasteiger partial charge in [0.15, 0.2) is 8.46 Å². The molecule has 0 radical (unpaired) electrons. The van der Waals surface area contributed by atoms with Crippen molar-refractivity contribution in [1.29, 1.82) is 0 Å². The molecular weight excluding hydrogens is 111 g/mol. The average molecular weight is 120 g/mol. The van der Waals surface area contributed by atoms with E-state index in [4.69, 9.17) is 5.11 Å². The summed E-state index contributed by atoms with van der Waals surface area (Å²) in [5, 5.41) is 8.54. The first-order chi connectivity index (χ1) is 3.27. The van der Waals surface area contributed by atoms with Gasteiger partial charge < -0.3 is 5.11 Å². The predicted octanol–water partition coefficient (Wildman–Crippen LogP) is 1.05. The zero-order valence-electron chi connectivity index (χ0n) is 4.29. The number of aliphatic hydroxyl groups is 1. The van der Waals surface area contributed by atoms with Crippen LogP contribution in [-0.4, -0.2) is 17.4 Å². The molecule has 0 fully saturated rings. The molecule has 1 N–H and O–H groups in total. The van der Waals surface area contributed by atoms with Gasteiger partial charge in [-0.2, -0.15) is 0 Å². The highest BCUT2D eigenvalue weighted by Gasteiger charge is 1.91. The maximum Gasteiger partial charge on any atom is 0.155 e. The topological polar surface area (TPSA) is 37.3 Å². The Morgan fingerprint density at radius 1 is 1.86 bits per heavy atom. The molecule has 0 aromatic carbocycles. The third-order valence-corrected chi connectivity index (χ3v) is 1.08. The summed E-state index contributed by atoms with van der Waals surface area (Å²) in [6.07, 6.45) is 0.893. The molecule has 1 atom stereocenters. The second-order valence-corrected chi connectivity index (χ2v) is 2.20. The quantitative estimate of drug-likeness (QED) is 0.565. The highest BCUT2D eigenvalue weighted by Crippen LogP contribution is 1.97. The third kappa shape index (κ3) is 6.06. The van der Waals surface area contributed by atoms with Gasteiger partial charge in [0, 0.05) is 6.16 Å². The highest BCUT2D eigenvalue weighted by molar-refractivity contribution is 7.23. The lowest BCUT2D eigenvalue weighted by Crippen LogP contribution is -1.98. The SMILES string of the molecule is CC(O)CCP=O. The summed E-state index contributed by atoms with van der Waals surface area (Å²) in [6, 6.07) is 0. The first-order valence-corrected chi connectivity index (χ1v) is 3.24. The molecule has 42 valence electrons. The lowest BCUT2D eigenvalue weighted by molar-refractivity contribution is 0.191. The van der Waals surface area contributed by atoms with Crippen molar-refractivity contribution in [1.82, 2.24) is 0 Å². The number of aliphatic hydroxyl groups excluding tert-OH is 1. The van der Waals surface area contributed by atoms with Crippen LogP contribution in [-0.2, 0) is 4.57 Å². The van der Waals surface area contributed by atoms with Crippen LogP contribution in [0.4, 0.5) is 0 Å². The lowest BCUT2D eigenvalue weighted by atomic mass is 10.3. The summed E-state index contributed by atoms with van der Waals surface area (Å²) in [6.45, 7) is 1.69. The van der Waals surface area contributed by atoms with Crippen molar-refractivity contribution >= 4 is 8.46 Å². The molecule has 0 aliphatic carbocycles. The second-order valence-electron chi connectivity index (χ2n) is 1.49. The molecule has 0 aliphatic rings. The van der Waals surface area contributed by atoms with Gasteiger partial charge in [-0.1, -0.05) is 0 Å². The predicted molar refractivity (Wildman–Crippen MR) is 28.8 cm³/mol. The van der Waals surface area contributed by atoms with Gasteiger partial charge in [-0.05, 0) is 13.3 Å². The van der Waals surface area contributed by atoms with E-state index in [9.17, 15) is 4.57 Å². The van der Waals surface area contributed by atoms with Crippen LogP contribution in [0, 0.1) is 0 Å². The average Bonchev–Trinajstić information content (AvgIpc) is 1.61. The molecule has 0 aliphatic heterocycles.